The summed E-state index contributed by atoms with van der Waals surface area (Å²) in [6.45, 7) is 39.4. The number of nitrogens with zero attached hydrogens (tertiary/aromatic N) is 2. The fraction of sp³-hybridized carbons (Fsp3) is 0.471. The lowest BCUT2D eigenvalue weighted by Gasteiger charge is -2.47. The van der Waals surface area contributed by atoms with Crippen molar-refractivity contribution >= 4 is 57.2 Å². The maximum Gasteiger partial charge on any atom is 0.256 e. The third kappa shape index (κ3) is 7.09. The van der Waals surface area contributed by atoms with E-state index in [1.165, 1.54) is 121 Å². The van der Waals surface area contributed by atoms with Gasteiger partial charge in [0.2, 0.25) is 0 Å². The summed E-state index contributed by atoms with van der Waals surface area (Å²) in [4.78, 5) is 5.27. The van der Waals surface area contributed by atoms with E-state index in [-0.39, 0.29) is 50.0 Å². The molecule has 2 aliphatic heterocycles. The zero-order chi connectivity index (χ0) is 51.1. The Bertz CT molecular complexity index is 3190. The Morgan fingerprint density at radius 2 is 0.778 bits per heavy atom. The summed E-state index contributed by atoms with van der Waals surface area (Å²) in [6.07, 6.45) is 9.39. The van der Waals surface area contributed by atoms with Crippen LogP contribution in [0.25, 0.3) is 0 Å². The Kier molecular flexibility index (Phi) is 10.1. The maximum atomic E-state index is 7.37. The fourth-order valence-electron chi connectivity index (χ4n) is 14.7. The zero-order valence-electron chi connectivity index (χ0n) is 46.9. The molecule has 0 saturated heterocycles. The standard InChI is InChI=1S/C68H81BN2O/c1-61(2)27-30-64(7,8)49-35-42(21-24-46(49)61)70(43-22-25-47-50(36-43)65(9,10)31-28-62(47,3)4)45-38-57-60-59(39-45)72-58-20-18-17-19-54(58)69(60)55-40-52-53(68(15,16)34-33-67(52,13)14)41-56(55)71(57)44-23-26-48-51(37-44)66(11,12)32-29-63(48,5)6/h17-26,35-41H,27-34H2,1-16H3. The highest BCUT2D eigenvalue weighted by molar-refractivity contribution is 6.99. The first-order valence-electron chi connectivity index (χ1n) is 27.8. The molecule has 0 fully saturated rings. The molecule has 6 aromatic rings. The van der Waals surface area contributed by atoms with Gasteiger partial charge in [0.1, 0.15) is 11.5 Å². The quantitative estimate of drug-likeness (QED) is 0.164. The van der Waals surface area contributed by atoms with Crippen molar-refractivity contribution in [2.75, 3.05) is 9.80 Å². The van der Waals surface area contributed by atoms with Crippen LogP contribution < -0.4 is 30.9 Å². The molecule has 0 saturated carbocycles. The SMILES string of the molecule is CC1(C)CCC(C)(C)c2cc(N(c3cc4c5c(c3)N(c3ccc6c(c3)C(C)(C)CCC6(C)C)c3cc6c(cc3B5c3ccccc3O4)C(C)(C)CCC6(C)C)c3ccc4c(c3)C(C)(C)CCC4(C)C)ccc21. The van der Waals surface area contributed by atoms with Gasteiger partial charge in [0.25, 0.3) is 6.71 Å². The molecular formula is C68H81BN2O. The van der Waals surface area contributed by atoms with Gasteiger partial charge in [0.05, 0.1) is 5.69 Å². The molecule has 72 heavy (non-hydrogen) atoms. The molecule has 6 aromatic carbocycles. The molecule has 3 nitrogen and oxygen atoms in total. The van der Waals surface area contributed by atoms with Gasteiger partial charge < -0.3 is 14.5 Å². The van der Waals surface area contributed by atoms with E-state index >= 15 is 0 Å². The molecule has 0 aromatic heterocycles. The number of fused-ring (bicyclic) bond motifs is 8. The molecule has 372 valence electrons. The van der Waals surface area contributed by atoms with Crippen molar-refractivity contribution in [1.29, 1.82) is 0 Å². The summed E-state index contributed by atoms with van der Waals surface area (Å²) < 4.78 is 7.37. The Morgan fingerprint density at radius 3 is 1.28 bits per heavy atom. The molecule has 6 aliphatic rings. The van der Waals surface area contributed by atoms with Gasteiger partial charge in [-0.05, 0) is 210 Å². The highest BCUT2D eigenvalue weighted by Gasteiger charge is 2.48. The lowest BCUT2D eigenvalue weighted by molar-refractivity contribution is 0.332. The van der Waals surface area contributed by atoms with Crippen LogP contribution in [0.5, 0.6) is 11.5 Å². The number of ether oxygens (including phenoxy) is 1. The summed E-state index contributed by atoms with van der Waals surface area (Å²) in [5.41, 5.74) is 23.6. The second-order valence-electron chi connectivity index (χ2n) is 28.8. The number of benzene rings is 6. The Balaban J connectivity index is 1.18. The minimum absolute atomic E-state index is 0.00592. The topological polar surface area (TPSA) is 15.7 Å². The molecule has 0 spiro atoms. The highest BCUT2D eigenvalue weighted by atomic mass is 16.5. The Morgan fingerprint density at radius 1 is 0.361 bits per heavy atom. The van der Waals surface area contributed by atoms with E-state index in [0.717, 1.165) is 36.4 Å². The maximum absolute atomic E-state index is 7.37. The summed E-state index contributed by atoms with van der Waals surface area (Å²) in [5, 5.41) is 0. The first-order chi connectivity index (χ1) is 33.6. The van der Waals surface area contributed by atoms with Gasteiger partial charge in [-0.25, -0.2) is 0 Å². The third-order valence-electron chi connectivity index (χ3n) is 20.2. The summed E-state index contributed by atoms with van der Waals surface area (Å²) in [7, 11) is 0. The molecule has 12 rings (SSSR count). The fourth-order valence-corrected chi connectivity index (χ4v) is 14.7. The van der Waals surface area contributed by atoms with E-state index in [1.807, 2.05) is 0 Å². The minimum Gasteiger partial charge on any atom is -0.458 e. The van der Waals surface area contributed by atoms with Gasteiger partial charge in [-0.1, -0.05) is 153 Å². The smallest absolute Gasteiger partial charge is 0.256 e. The molecule has 0 atom stereocenters. The van der Waals surface area contributed by atoms with Crippen LogP contribution >= 0.6 is 0 Å². The van der Waals surface area contributed by atoms with Gasteiger partial charge in [-0.2, -0.15) is 0 Å². The van der Waals surface area contributed by atoms with Gasteiger partial charge in [0, 0.05) is 34.5 Å². The predicted molar refractivity (Wildman–Crippen MR) is 308 cm³/mol. The highest BCUT2D eigenvalue weighted by Crippen LogP contribution is 2.55. The van der Waals surface area contributed by atoms with Crippen LogP contribution in [0.1, 0.15) is 207 Å². The first kappa shape index (κ1) is 47.8. The molecule has 0 N–H and O–H groups in total. The molecule has 0 amide bonds. The predicted octanol–water partition coefficient (Wildman–Crippen LogP) is 17.0. The van der Waals surface area contributed by atoms with Crippen LogP contribution in [0.4, 0.5) is 34.1 Å². The van der Waals surface area contributed by atoms with E-state index in [9.17, 15) is 0 Å². The second-order valence-corrected chi connectivity index (χ2v) is 28.8. The van der Waals surface area contributed by atoms with Crippen LogP contribution in [0.15, 0.2) is 103 Å². The van der Waals surface area contributed by atoms with Crippen LogP contribution in [-0.4, -0.2) is 6.71 Å². The monoisotopic (exact) mass is 953 g/mol. The van der Waals surface area contributed by atoms with Crippen molar-refractivity contribution in [2.45, 2.75) is 205 Å². The van der Waals surface area contributed by atoms with Crippen LogP contribution in [0.3, 0.4) is 0 Å². The Labute approximate surface area is 434 Å². The average molecular weight is 953 g/mol. The van der Waals surface area contributed by atoms with Crippen molar-refractivity contribution in [3.63, 3.8) is 0 Å². The minimum atomic E-state index is 0.00592. The number of hydrogen-bond acceptors (Lipinski definition) is 3. The number of anilines is 6. The lowest BCUT2D eigenvalue weighted by atomic mass is 9.33. The van der Waals surface area contributed by atoms with Gasteiger partial charge in [-0.15, -0.1) is 0 Å². The van der Waals surface area contributed by atoms with E-state index < -0.39 is 0 Å². The first-order valence-corrected chi connectivity index (χ1v) is 27.8. The van der Waals surface area contributed by atoms with Crippen molar-refractivity contribution in [2.24, 2.45) is 0 Å². The van der Waals surface area contributed by atoms with Crippen molar-refractivity contribution in [3.8, 4) is 11.5 Å². The molecular weight excluding hydrogens is 872 g/mol. The lowest BCUT2D eigenvalue weighted by Crippen LogP contribution is -2.60. The van der Waals surface area contributed by atoms with E-state index in [4.69, 9.17) is 4.74 Å². The summed E-state index contributed by atoms with van der Waals surface area (Å²) >= 11 is 0. The van der Waals surface area contributed by atoms with Crippen molar-refractivity contribution in [1.82, 2.24) is 0 Å². The molecule has 4 heteroatoms. The molecule has 0 radical (unpaired) electrons. The van der Waals surface area contributed by atoms with Gasteiger partial charge >= 0.3 is 0 Å². The second kappa shape index (κ2) is 15.2. The molecule has 0 unspecified atom stereocenters. The van der Waals surface area contributed by atoms with E-state index in [1.54, 1.807) is 0 Å². The summed E-state index contributed by atoms with van der Waals surface area (Å²) in [6, 6.07) is 41.6. The van der Waals surface area contributed by atoms with Crippen LogP contribution in [-0.2, 0) is 43.3 Å². The van der Waals surface area contributed by atoms with Crippen molar-refractivity contribution < 1.29 is 4.74 Å². The van der Waals surface area contributed by atoms with E-state index in [2.05, 4.69) is 224 Å². The average Bonchev–Trinajstić information content (AvgIpc) is 3.32. The number of rotatable bonds is 4. The third-order valence-corrected chi connectivity index (χ3v) is 20.2. The van der Waals surface area contributed by atoms with E-state index in [0.29, 0.717) is 0 Å². The molecule has 2 heterocycles. The number of para-hydroxylation sites is 1. The van der Waals surface area contributed by atoms with Crippen LogP contribution in [0, 0.1) is 0 Å². The van der Waals surface area contributed by atoms with Gasteiger partial charge in [-0.3, -0.25) is 0 Å². The van der Waals surface area contributed by atoms with Crippen molar-refractivity contribution in [3.05, 3.63) is 148 Å². The number of hydrogen-bond donors (Lipinski definition) is 0. The van der Waals surface area contributed by atoms with Gasteiger partial charge in [0.15, 0.2) is 0 Å². The largest absolute Gasteiger partial charge is 0.458 e. The summed E-state index contributed by atoms with van der Waals surface area (Å²) in [5.74, 6) is 1.90. The zero-order valence-corrected chi connectivity index (χ0v) is 46.9. The molecule has 4 aliphatic carbocycles. The van der Waals surface area contributed by atoms with Crippen LogP contribution in [0.2, 0.25) is 0 Å². The Hall–Kier alpha value is -5.22. The normalized spacial score (nSPS) is 22.1. The molecule has 0 bridgehead atoms.